The lowest BCUT2D eigenvalue weighted by atomic mass is 10.2. The largest absolute Gasteiger partial charge is 0.435 e. The van der Waals surface area contributed by atoms with Crippen molar-refractivity contribution in [2.24, 2.45) is 0 Å². The van der Waals surface area contributed by atoms with Crippen molar-refractivity contribution in [3.63, 3.8) is 0 Å². The smallest absolute Gasteiger partial charge is 0.339 e. The number of aryl methyl sites for hydroxylation is 2. The molecule has 0 aliphatic heterocycles. The van der Waals surface area contributed by atoms with Gasteiger partial charge >= 0.3 is 6.18 Å². The van der Waals surface area contributed by atoms with Gasteiger partial charge in [-0.05, 0) is 62.4 Å². The summed E-state index contributed by atoms with van der Waals surface area (Å²) in [6, 6.07) is 16.6. The molecule has 5 aromatic rings. The number of alkyl halides is 3. The van der Waals surface area contributed by atoms with Crippen molar-refractivity contribution in [2.75, 3.05) is 5.32 Å². The molecule has 5 rings (SSSR count). The first-order valence-electron chi connectivity index (χ1n) is 10.4. The van der Waals surface area contributed by atoms with E-state index >= 15 is 0 Å². The molecule has 8 nitrogen and oxygen atoms in total. The van der Waals surface area contributed by atoms with Crippen LogP contribution < -0.4 is 5.32 Å². The first-order chi connectivity index (χ1) is 16.3. The monoisotopic (exact) mass is 463 g/mol. The van der Waals surface area contributed by atoms with Crippen molar-refractivity contribution in [1.82, 2.24) is 34.5 Å². The van der Waals surface area contributed by atoms with Crippen LogP contribution in [-0.2, 0) is 12.7 Å². The van der Waals surface area contributed by atoms with Gasteiger partial charge in [0, 0.05) is 18.3 Å². The third kappa shape index (κ3) is 4.07. The summed E-state index contributed by atoms with van der Waals surface area (Å²) >= 11 is 0. The zero-order valence-electron chi connectivity index (χ0n) is 18.2. The number of hydrogen-bond donors (Lipinski definition) is 1. The Balaban J connectivity index is 1.48. The third-order valence-corrected chi connectivity index (χ3v) is 5.16. The maximum absolute atomic E-state index is 13.2. The minimum Gasteiger partial charge on any atom is -0.339 e. The molecule has 4 heterocycles. The fraction of sp³-hybridized carbons (Fsp3) is 0.174. The lowest BCUT2D eigenvalue weighted by Gasteiger charge is -2.08. The lowest BCUT2D eigenvalue weighted by Crippen LogP contribution is -2.07. The van der Waals surface area contributed by atoms with E-state index in [4.69, 9.17) is 0 Å². The summed E-state index contributed by atoms with van der Waals surface area (Å²) in [5, 5.41) is 15.0. The van der Waals surface area contributed by atoms with E-state index in [0.29, 0.717) is 17.2 Å². The highest BCUT2D eigenvalue weighted by Gasteiger charge is 2.35. The molecule has 171 valence electrons. The summed E-state index contributed by atoms with van der Waals surface area (Å²) in [6.07, 6.45) is -2.92. The van der Waals surface area contributed by atoms with E-state index in [0.717, 1.165) is 23.0 Å². The summed E-state index contributed by atoms with van der Waals surface area (Å²) in [5.74, 6) is 1.11. The van der Waals surface area contributed by atoms with Gasteiger partial charge in [0.1, 0.15) is 12.1 Å². The first kappa shape index (κ1) is 21.6. The fourth-order valence-electron chi connectivity index (χ4n) is 3.52. The molecule has 0 aliphatic rings. The highest BCUT2D eigenvalue weighted by molar-refractivity contribution is 5.82. The van der Waals surface area contributed by atoms with Crippen molar-refractivity contribution < 1.29 is 13.2 Å². The van der Waals surface area contributed by atoms with Crippen LogP contribution in [0.25, 0.3) is 28.2 Å². The summed E-state index contributed by atoms with van der Waals surface area (Å²) in [6.45, 7) is 3.85. The van der Waals surface area contributed by atoms with E-state index in [1.165, 1.54) is 4.68 Å². The highest BCUT2D eigenvalue weighted by Crippen LogP contribution is 2.31. The van der Waals surface area contributed by atoms with Crippen molar-refractivity contribution in [2.45, 2.75) is 26.6 Å². The van der Waals surface area contributed by atoms with Crippen LogP contribution in [0, 0.1) is 13.0 Å². The van der Waals surface area contributed by atoms with Crippen LogP contribution >= 0.6 is 0 Å². The number of nitrogens with zero attached hydrogens (tertiary/aromatic N) is 7. The molecule has 0 unspecified atom stereocenters. The molecule has 0 saturated carbocycles. The van der Waals surface area contributed by atoms with Gasteiger partial charge < -0.3 is 5.32 Å². The Morgan fingerprint density at radius 2 is 1.91 bits per heavy atom. The minimum absolute atomic E-state index is 0.242. The van der Waals surface area contributed by atoms with Crippen LogP contribution in [0.3, 0.4) is 0 Å². The van der Waals surface area contributed by atoms with Gasteiger partial charge in [-0.25, -0.2) is 9.97 Å². The second-order valence-corrected chi connectivity index (χ2v) is 7.53. The number of imidazole rings is 1. The number of halogens is 3. The van der Waals surface area contributed by atoms with Crippen LogP contribution in [0.4, 0.5) is 24.7 Å². The molecular weight excluding hydrogens is 445 g/mol. The van der Waals surface area contributed by atoms with E-state index in [2.05, 4.69) is 36.6 Å². The molecule has 34 heavy (non-hydrogen) atoms. The molecular formula is C23H18F3N8. The van der Waals surface area contributed by atoms with Crippen LogP contribution in [0.2, 0.25) is 0 Å². The van der Waals surface area contributed by atoms with E-state index < -0.39 is 11.9 Å². The third-order valence-electron chi connectivity index (χ3n) is 5.16. The first-order valence-corrected chi connectivity index (χ1v) is 10.4. The van der Waals surface area contributed by atoms with Gasteiger partial charge in [-0.15, -0.1) is 5.10 Å². The maximum atomic E-state index is 13.2. The van der Waals surface area contributed by atoms with Crippen molar-refractivity contribution in [3.05, 3.63) is 72.3 Å². The second kappa shape index (κ2) is 8.25. The number of anilines is 2. The Labute approximate surface area is 192 Å². The predicted octanol–water partition coefficient (Wildman–Crippen LogP) is 4.96. The van der Waals surface area contributed by atoms with Gasteiger partial charge in [-0.2, -0.15) is 23.4 Å². The molecule has 1 radical (unpaired) electrons. The molecule has 0 atom stereocenters. The summed E-state index contributed by atoms with van der Waals surface area (Å²) < 4.78 is 42.5. The highest BCUT2D eigenvalue weighted by atomic mass is 19.4. The molecule has 0 bridgehead atoms. The molecule has 0 fully saturated rings. The van der Waals surface area contributed by atoms with Crippen molar-refractivity contribution >= 4 is 22.5 Å². The standard InChI is InChI=1S/C23H18F3N8/c1-3-34-19(12-20(32-34)23(24,25)26)16-5-4-6-22(29-16)33-13-27-17-11-15(8-9-18(17)33)28-21-10-7-14(2)30-31-21/h4,6-13H,3H2,1-2H3,(H,28,31). The molecule has 1 aromatic carbocycles. The quantitative estimate of drug-likeness (QED) is 0.396. The zero-order valence-corrected chi connectivity index (χ0v) is 18.2. The number of fused-ring (bicyclic) bond motifs is 1. The predicted molar refractivity (Wildman–Crippen MR) is 120 cm³/mol. The Morgan fingerprint density at radius 3 is 2.65 bits per heavy atom. The van der Waals surface area contributed by atoms with E-state index in [1.807, 2.05) is 37.3 Å². The SMILES string of the molecule is CCn1nc(C(F)(F)F)cc1-c1[c]ccc(-n2cnc3cc(Nc4ccc(C)nn4)ccc32)n1. The average molecular weight is 463 g/mol. The topological polar surface area (TPSA) is 86.3 Å². The van der Waals surface area contributed by atoms with Gasteiger partial charge in [0.2, 0.25) is 0 Å². The Morgan fingerprint density at radius 1 is 1.06 bits per heavy atom. The Hall–Kier alpha value is -4.28. The van der Waals surface area contributed by atoms with Crippen molar-refractivity contribution in [1.29, 1.82) is 0 Å². The van der Waals surface area contributed by atoms with Gasteiger partial charge in [0.15, 0.2) is 11.5 Å². The van der Waals surface area contributed by atoms with Gasteiger partial charge in [0.05, 0.1) is 28.1 Å². The molecule has 1 N–H and O–H groups in total. The van der Waals surface area contributed by atoms with Crippen LogP contribution in [0.5, 0.6) is 0 Å². The second-order valence-electron chi connectivity index (χ2n) is 7.53. The molecule has 0 saturated heterocycles. The molecule has 4 aromatic heterocycles. The number of pyridine rings is 1. The maximum Gasteiger partial charge on any atom is 0.435 e. The zero-order chi connectivity index (χ0) is 23.9. The number of nitrogens with one attached hydrogen (secondary N) is 1. The molecule has 0 spiro atoms. The molecule has 0 amide bonds. The van der Waals surface area contributed by atoms with Gasteiger partial charge in [-0.1, -0.05) is 0 Å². The molecule has 0 aliphatic carbocycles. The van der Waals surface area contributed by atoms with Crippen LogP contribution in [0.1, 0.15) is 18.3 Å². The normalized spacial score (nSPS) is 11.8. The summed E-state index contributed by atoms with van der Waals surface area (Å²) in [7, 11) is 0. The van der Waals surface area contributed by atoms with E-state index in [-0.39, 0.29) is 17.9 Å². The van der Waals surface area contributed by atoms with E-state index in [9.17, 15) is 13.2 Å². The molecule has 11 heteroatoms. The fourth-order valence-corrected chi connectivity index (χ4v) is 3.52. The van der Waals surface area contributed by atoms with Crippen LogP contribution in [-0.4, -0.2) is 34.5 Å². The van der Waals surface area contributed by atoms with Crippen molar-refractivity contribution in [3.8, 4) is 17.2 Å². The number of benzene rings is 1. The number of rotatable bonds is 5. The van der Waals surface area contributed by atoms with Gasteiger partial charge in [-0.3, -0.25) is 9.25 Å². The Bertz CT molecular complexity index is 1470. The Kier molecular flexibility index (Phi) is 5.23. The summed E-state index contributed by atoms with van der Waals surface area (Å²) in [4.78, 5) is 9.00. The minimum atomic E-state index is -4.54. The van der Waals surface area contributed by atoms with Gasteiger partial charge in [0.25, 0.3) is 0 Å². The lowest BCUT2D eigenvalue weighted by molar-refractivity contribution is -0.141. The summed E-state index contributed by atoms with van der Waals surface area (Å²) in [5.41, 5.74) is 2.65. The van der Waals surface area contributed by atoms with Crippen LogP contribution in [0.15, 0.2) is 54.9 Å². The average Bonchev–Trinajstić information content (AvgIpc) is 3.45. The van der Waals surface area contributed by atoms with E-state index in [1.54, 1.807) is 30.0 Å². The number of aromatic nitrogens is 7. The number of hydrogen-bond acceptors (Lipinski definition) is 6.